The second-order valence-electron chi connectivity index (χ2n) is 3.42. The van der Waals surface area contributed by atoms with Crippen molar-refractivity contribution < 1.29 is 13.2 Å². The molecule has 0 bridgehead atoms. The van der Waals surface area contributed by atoms with Crippen LogP contribution in [0.3, 0.4) is 0 Å². The molecule has 1 fully saturated rings. The van der Waals surface area contributed by atoms with Crippen molar-refractivity contribution in [2.75, 3.05) is 36.6 Å². The lowest BCUT2D eigenvalue weighted by Gasteiger charge is -2.28. The lowest BCUT2D eigenvalue weighted by Crippen LogP contribution is -2.36. The number of ether oxygens (including phenoxy) is 1. The molecule has 1 aliphatic heterocycles. The maximum absolute atomic E-state index is 10.2. The van der Waals surface area contributed by atoms with Crippen LogP contribution >= 0.6 is 0 Å². The number of nitrogens with zero attached hydrogens (tertiary/aromatic N) is 3. The topological polar surface area (TPSA) is 83.9 Å². The predicted molar refractivity (Wildman–Crippen MR) is 62.2 cm³/mol. The molecule has 1 aromatic heterocycles. The van der Waals surface area contributed by atoms with Crippen molar-refractivity contribution in [1.29, 1.82) is 0 Å². The van der Waals surface area contributed by atoms with E-state index < -0.39 is 10.5 Å². The van der Waals surface area contributed by atoms with Crippen LogP contribution < -0.4 is 10.3 Å². The minimum atomic E-state index is -2.48. The SMILES string of the molecule is O=S(=O)=NNc1ccc(N2CCOCC2)cn1. The van der Waals surface area contributed by atoms with E-state index in [0.717, 1.165) is 18.8 Å². The van der Waals surface area contributed by atoms with Gasteiger partial charge in [-0.25, -0.2) is 10.4 Å². The Morgan fingerprint density at radius 1 is 1.35 bits per heavy atom. The van der Waals surface area contributed by atoms with Gasteiger partial charge in [0, 0.05) is 13.1 Å². The Hall–Kier alpha value is -1.67. The lowest BCUT2D eigenvalue weighted by molar-refractivity contribution is 0.122. The van der Waals surface area contributed by atoms with Gasteiger partial charge in [0.25, 0.3) is 0 Å². The van der Waals surface area contributed by atoms with E-state index in [1.807, 2.05) is 6.07 Å². The molecule has 92 valence electrons. The summed E-state index contributed by atoms with van der Waals surface area (Å²) in [7, 11) is -2.48. The third-order valence-corrected chi connectivity index (χ3v) is 2.60. The van der Waals surface area contributed by atoms with Gasteiger partial charge in [-0.15, -0.1) is 0 Å². The molecule has 7 nitrogen and oxygen atoms in total. The first-order valence-electron chi connectivity index (χ1n) is 5.10. The summed E-state index contributed by atoms with van der Waals surface area (Å²) in [5, 5.41) is 0. The molecule has 8 heteroatoms. The maximum Gasteiger partial charge on any atom is 0.332 e. The van der Waals surface area contributed by atoms with Crippen LogP contribution in [0.5, 0.6) is 0 Å². The normalized spacial score (nSPS) is 15.4. The molecule has 0 spiro atoms. The molecule has 1 saturated heterocycles. The third-order valence-electron chi connectivity index (χ3n) is 2.36. The second-order valence-corrected chi connectivity index (χ2v) is 4.04. The molecule has 0 radical (unpaired) electrons. The first-order valence-corrected chi connectivity index (χ1v) is 6.14. The van der Waals surface area contributed by atoms with Gasteiger partial charge in [0.2, 0.25) is 0 Å². The Morgan fingerprint density at radius 2 is 2.12 bits per heavy atom. The Bertz CT molecular complexity index is 485. The molecule has 2 rings (SSSR count). The van der Waals surface area contributed by atoms with Crippen LogP contribution in [0, 0.1) is 0 Å². The van der Waals surface area contributed by atoms with E-state index in [9.17, 15) is 8.42 Å². The van der Waals surface area contributed by atoms with E-state index in [2.05, 4.69) is 19.8 Å². The molecule has 1 aliphatic rings. The number of anilines is 2. The fraction of sp³-hybridized carbons (Fsp3) is 0.444. The first kappa shape index (κ1) is 11.8. The van der Waals surface area contributed by atoms with Crippen LogP contribution in [0.4, 0.5) is 11.5 Å². The summed E-state index contributed by atoms with van der Waals surface area (Å²) in [6, 6.07) is 3.55. The summed E-state index contributed by atoms with van der Waals surface area (Å²) < 4.78 is 28.8. The molecule has 1 N–H and O–H groups in total. The van der Waals surface area contributed by atoms with Gasteiger partial charge in [0.05, 0.1) is 25.1 Å². The lowest BCUT2D eigenvalue weighted by atomic mass is 10.3. The molecule has 0 saturated carbocycles. The van der Waals surface area contributed by atoms with E-state index in [1.165, 1.54) is 0 Å². The number of aromatic nitrogens is 1. The van der Waals surface area contributed by atoms with Gasteiger partial charge >= 0.3 is 10.5 Å². The summed E-state index contributed by atoms with van der Waals surface area (Å²) in [6.07, 6.45) is 1.68. The monoisotopic (exact) mass is 256 g/mol. The highest BCUT2D eigenvalue weighted by Gasteiger charge is 2.10. The van der Waals surface area contributed by atoms with E-state index in [1.54, 1.807) is 12.3 Å². The van der Waals surface area contributed by atoms with E-state index >= 15 is 0 Å². The highest BCUT2D eigenvalue weighted by atomic mass is 32.2. The molecule has 17 heavy (non-hydrogen) atoms. The van der Waals surface area contributed by atoms with Crippen LogP contribution in [0.2, 0.25) is 0 Å². The van der Waals surface area contributed by atoms with Gasteiger partial charge in [-0.1, -0.05) is 4.47 Å². The quantitative estimate of drug-likeness (QED) is 0.783. The van der Waals surface area contributed by atoms with E-state index in [4.69, 9.17) is 4.74 Å². The average molecular weight is 256 g/mol. The standard InChI is InChI=1S/C9H12N4O3S/c14-17(15)12-11-9-2-1-8(7-10-9)13-3-5-16-6-4-13/h1-2,7H,3-6H2,(H,10,11). The highest BCUT2D eigenvalue weighted by molar-refractivity contribution is 7.61. The highest BCUT2D eigenvalue weighted by Crippen LogP contribution is 2.16. The number of pyridine rings is 1. The molecule has 1 aromatic rings. The van der Waals surface area contributed by atoms with Crippen molar-refractivity contribution in [3.8, 4) is 0 Å². The predicted octanol–water partition coefficient (Wildman–Crippen LogP) is 0.308. The molecule has 0 unspecified atom stereocenters. The molecular formula is C9H12N4O3S. The van der Waals surface area contributed by atoms with Crippen molar-refractivity contribution in [2.45, 2.75) is 0 Å². The molecule has 0 aliphatic carbocycles. The minimum absolute atomic E-state index is 0.395. The van der Waals surface area contributed by atoms with Gasteiger partial charge < -0.3 is 9.64 Å². The van der Waals surface area contributed by atoms with Crippen LogP contribution in [-0.4, -0.2) is 39.7 Å². The first-order chi connectivity index (χ1) is 8.25. The van der Waals surface area contributed by atoms with Gasteiger partial charge in [0.15, 0.2) is 0 Å². The Labute approximate surface area is 100 Å². The van der Waals surface area contributed by atoms with Gasteiger partial charge in [0.1, 0.15) is 5.82 Å². The molecule has 0 amide bonds. The van der Waals surface area contributed by atoms with Crippen molar-refractivity contribution >= 4 is 22.0 Å². The maximum atomic E-state index is 10.2. The third kappa shape index (κ3) is 3.40. The van der Waals surface area contributed by atoms with Gasteiger partial charge in [-0.3, -0.25) is 0 Å². The number of hydrogen-bond acceptors (Lipinski definition) is 6. The summed E-state index contributed by atoms with van der Waals surface area (Å²) in [5.41, 5.74) is 3.32. The summed E-state index contributed by atoms with van der Waals surface area (Å²) in [6.45, 7) is 3.10. The minimum Gasteiger partial charge on any atom is -0.378 e. The van der Waals surface area contributed by atoms with Gasteiger partial charge in [-0.2, -0.15) is 8.42 Å². The summed E-state index contributed by atoms with van der Waals surface area (Å²) >= 11 is 0. The number of nitrogens with one attached hydrogen (secondary N) is 1. The number of rotatable bonds is 3. The van der Waals surface area contributed by atoms with Crippen molar-refractivity contribution in [3.05, 3.63) is 18.3 Å². The van der Waals surface area contributed by atoms with Crippen molar-refractivity contribution in [3.63, 3.8) is 0 Å². The summed E-state index contributed by atoms with van der Waals surface area (Å²) in [4.78, 5) is 6.22. The second kappa shape index (κ2) is 5.60. The summed E-state index contributed by atoms with van der Waals surface area (Å²) in [5.74, 6) is 0.395. The van der Waals surface area contributed by atoms with Crippen LogP contribution in [0.25, 0.3) is 0 Å². The van der Waals surface area contributed by atoms with E-state index in [-0.39, 0.29) is 0 Å². The zero-order valence-electron chi connectivity index (χ0n) is 9.04. The molecule has 2 heterocycles. The average Bonchev–Trinajstić information content (AvgIpc) is 2.38. The van der Waals surface area contributed by atoms with Crippen LogP contribution in [0.1, 0.15) is 0 Å². The molecule has 0 atom stereocenters. The molecule has 0 aromatic carbocycles. The zero-order valence-corrected chi connectivity index (χ0v) is 9.85. The Kier molecular flexibility index (Phi) is 3.89. The number of morpholine rings is 1. The fourth-order valence-electron chi connectivity index (χ4n) is 1.54. The zero-order chi connectivity index (χ0) is 12.1. The number of hydrogen-bond donors (Lipinski definition) is 1. The largest absolute Gasteiger partial charge is 0.378 e. The van der Waals surface area contributed by atoms with Crippen molar-refractivity contribution in [2.24, 2.45) is 4.47 Å². The molecular weight excluding hydrogens is 244 g/mol. The Balaban J connectivity index is 2.04. The Morgan fingerprint density at radius 3 is 2.71 bits per heavy atom. The van der Waals surface area contributed by atoms with E-state index in [0.29, 0.717) is 19.0 Å². The smallest absolute Gasteiger partial charge is 0.332 e. The van der Waals surface area contributed by atoms with Crippen LogP contribution in [-0.2, 0) is 15.2 Å². The van der Waals surface area contributed by atoms with Crippen LogP contribution in [0.15, 0.2) is 22.8 Å². The van der Waals surface area contributed by atoms with Crippen molar-refractivity contribution in [1.82, 2.24) is 4.98 Å². The fourth-order valence-corrected chi connectivity index (χ4v) is 1.71. The van der Waals surface area contributed by atoms with Gasteiger partial charge in [-0.05, 0) is 12.1 Å².